The van der Waals surface area contributed by atoms with E-state index < -0.39 is 5.56 Å². The quantitative estimate of drug-likeness (QED) is 0.846. The van der Waals surface area contributed by atoms with Crippen molar-refractivity contribution in [3.8, 4) is 23.6 Å². The van der Waals surface area contributed by atoms with Gasteiger partial charge in [0.2, 0.25) is 0 Å². The van der Waals surface area contributed by atoms with E-state index in [0.717, 1.165) is 0 Å². The maximum Gasteiger partial charge on any atom is 0.269 e. The molecule has 8 heteroatoms. The Morgan fingerprint density at radius 2 is 1.73 bits per heavy atom. The average molecular weight is 319 g/mol. The van der Waals surface area contributed by atoms with Crippen molar-refractivity contribution in [1.29, 1.82) is 10.5 Å². The molecule has 0 atom stereocenters. The summed E-state index contributed by atoms with van der Waals surface area (Å²) in [6, 6.07) is 6.76. The lowest BCUT2D eigenvalue weighted by molar-refractivity contribution is 0.412. The molecule has 0 aromatic carbocycles. The van der Waals surface area contributed by atoms with E-state index in [1.54, 1.807) is 12.1 Å². The second kappa shape index (κ2) is 8.30. The SMILES string of the molecule is COc1cc[nH]c(=O)c1C#N.COc1ccnc(Cl)c1C#N. The van der Waals surface area contributed by atoms with Crippen LogP contribution in [0.1, 0.15) is 11.1 Å². The van der Waals surface area contributed by atoms with Crippen molar-refractivity contribution in [2.75, 3.05) is 14.2 Å². The molecule has 0 spiro atoms. The van der Waals surface area contributed by atoms with Crippen LogP contribution in [0, 0.1) is 22.7 Å². The molecule has 2 aromatic heterocycles. The van der Waals surface area contributed by atoms with Crippen LogP contribution in [0.4, 0.5) is 0 Å². The van der Waals surface area contributed by atoms with Crippen molar-refractivity contribution in [3.05, 3.63) is 51.2 Å². The molecule has 0 unspecified atom stereocenters. The van der Waals surface area contributed by atoms with E-state index in [1.807, 2.05) is 6.07 Å². The number of methoxy groups -OCH3 is 2. The van der Waals surface area contributed by atoms with Gasteiger partial charge in [0.25, 0.3) is 5.56 Å². The molecule has 2 heterocycles. The van der Waals surface area contributed by atoms with Crippen molar-refractivity contribution in [2.45, 2.75) is 0 Å². The van der Waals surface area contributed by atoms with Crippen LogP contribution in [-0.2, 0) is 0 Å². The van der Waals surface area contributed by atoms with E-state index in [2.05, 4.69) is 9.97 Å². The highest BCUT2D eigenvalue weighted by atomic mass is 35.5. The fourth-order valence-corrected chi connectivity index (χ4v) is 1.62. The first-order valence-corrected chi connectivity index (χ1v) is 6.21. The van der Waals surface area contributed by atoms with Gasteiger partial charge in [-0.3, -0.25) is 4.79 Å². The molecule has 0 fully saturated rings. The highest BCUT2D eigenvalue weighted by molar-refractivity contribution is 6.30. The lowest BCUT2D eigenvalue weighted by atomic mass is 10.3. The summed E-state index contributed by atoms with van der Waals surface area (Å²) in [5.41, 5.74) is -0.140. The van der Waals surface area contributed by atoms with Crippen LogP contribution in [0.2, 0.25) is 5.15 Å². The Morgan fingerprint density at radius 1 is 1.14 bits per heavy atom. The summed E-state index contributed by atoms with van der Waals surface area (Å²) >= 11 is 5.59. The molecular weight excluding hydrogens is 308 g/mol. The summed E-state index contributed by atoms with van der Waals surface area (Å²) in [5.74, 6) is 0.753. The van der Waals surface area contributed by atoms with Gasteiger partial charge in [0.1, 0.15) is 29.2 Å². The van der Waals surface area contributed by atoms with Crippen LogP contribution in [-0.4, -0.2) is 24.2 Å². The molecule has 0 bridgehead atoms. The zero-order valence-electron chi connectivity index (χ0n) is 11.8. The standard InChI is InChI=1S/C7H5ClN2O.C7H6N2O2/c1-11-6-2-3-10-7(8)5(6)4-9;1-11-6-2-3-9-7(10)5(6)4-8/h2-3H,1H3;2-3H,1H3,(H,9,10). The third-order valence-electron chi connectivity index (χ3n) is 2.45. The van der Waals surface area contributed by atoms with Crippen molar-refractivity contribution in [3.63, 3.8) is 0 Å². The van der Waals surface area contributed by atoms with Crippen molar-refractivity contribution in [1.82, 2.24) is 9.97 Å². The van der Waals surface area contributed by atoms with E-state index in [4.69, 9.17) is 31.6 Å². The molecule has 0 aliphatic heterocycles. The summed E-state index contributed by atoms with van der Waals surface area (Å²) in [6.45, 7) is 0. The molecule has 7 nitrogen and oxygen atoms in total. The van der Waals surface area contributed by atoms with E-state index in [0.29, 0.717) is 11.5 Å². The van der Waals surface area contributed by atoms with Crippen LogP contribution in [0.5, 0.6) is 11.5 Å². The number of hydrogen-bond acceptors (Lipinski definition) is 6. The fourth-order valence-electron chi connectivity index (χ4n) is 1.43. The number of hydrogen-bond donors (Lipinski definition) is 1. The van der Waals surface area contributed by atoms with Gasteiger partial charge in [0.05, 0.1) is 14.2 Å². The van der Waals surface area contributed by atoms with Crippen LogP contribution in [0.3, 0.4) is 0 Å². The number of ether oxygens (including phenoxy) is 2. The monoisotopic (exact) mass is 318 g/mol. The normalized spacial score (nSPS) is 8.77. The first kappa shape index (κ1) is 17.0. The lowest BCUT2D eigenvalue weighted by Gasteiger charge is -2.00. The second-order valence-corrected chi connectivity index (χ2v) is 4.01. The number of rotatable bonds is 2. The molecule has 2 rings (SSSR count). The minimum atomic E-state index is -0.424. The van der Waals surface area contributed by atoms with Gasteiger partial charge in [-0.15, -0.1) is 0 Å². The van der Waals surface area contributed by atoms with Crippen LogP contribution < -0.4 is 15.0 Å². The molecule has 112 valence electrons. The van der Waals surface area contributed by atoms with E-state index in [1.165, 1.54) is 32.7 Å². The van der Waals surface area contributed by atoms with Gasteiger partial charge in [-0.25, -0.2) is 4.98 Å². The molecule has 0 radical (unpaired) electrons. The summed E-state index contributed by atoms with van der Waals surface area (Å²) in [5, 5.41) is 17.2. The molecule has 2 aromatic rings. The number of nitrogens with one attached hydrogen (secondary N) is 1. The van der Waals surface area contributed by atoms with Gasteiger partial charge in [0.15, 0.2) is 10.7 Å². The van der Waals surface area contributed by atoms with Crippen molar-refractivity contribution in [2.24, 2.45) is 0 Å². The van der Waals surface area contributed by atoms with Crippen LogP contribution in [0.15, 0.2) is 29.3 Å². The molecule has 0 saturated heterocycles. The Kier molecular flexibility index (Phi) is 6.42. The van der Waals surface area contributed by atoms with Gasteiger partial charge in [-0.2, -0.15) is 10.5 Å². The summed E-state index contributed by atoms with van der Waals surface area (Å²) in [6.07, 6.45) is 2.92. The third-order valence-corrected chi connectivity index (χ3v) is 2.74. The van der Waals surface area contributed by atoms with Gasteiger partial charge >= 0.3 is 0 Å². The number of H-pyrrole nitrogens is 1. The first-order chi connectivity index (χ1) is 10.6. The van der Waals surface area contributed by atoms with Gasteiger partial charge in [-0.05, 0) is 12.1 Å². The average Bonchev–Trinajstić information content (AvgIpc) is 2.54. The number of aromatic nitrogens is 2. The molecule has 0 aliphatic carbocycles. The van der Waals surface area contributed by atoms with Crippen LogP contribution in [0.25, 0.3) is 0 Å². The van der Waals surface area contributed by atoms with Crippen LogP contribution >= 0.6 is 11.6 Å². The number of aromatic amines is 1. The Hall–Kier alpha value is -3.03. The highest BCUT2D eigenvalue weighted by Gasteiger charge is 2.06. The minimum absolute atomic E-state index is 0.00926. The molecular formula is C14H11ClN4O3. The zero-order valence-corrected chi connectivity index (χ0v) is 12.5. The van der Waals surface area contributed by atoms with Crippen molar-refractivity contribution < 1.29 is 9.47 Å². The fraction of sp³-hybridized carbons (Fsp3) is 0.143. The molecule has 0 saturated carbocycles. The smallest absolute Gasteiger partial charge is 0.269 e. The molecule has 0 aliphatic rings. The predicted molar refractivity (Wildman–Crippen MR) is 78.8 cm³/mol. The van der Waals surface area contributed by atoms with E-state index in [-0.39, 0.29) is 16.3 Å². The molecule has 22 heavy (non-hydrogen) atoms. The Labute approximate surface area is 131 Å². The number of nitriles is 2. The number of pyridine rings is 2. The lowest BCUT2D eigenvalue weighted by Crippen LogP contribution is -2.10. The Balaban J connectivity index is 0.000000220. The Bertz CT molecular complexity index is 790. The first-order valence-electron chi connectivity index (χ1n) is 5.83. The van der Waals surface area contributed by atoms with Crippen molar-refractivity contribution >= 4 is 11.6 Å². The predicted octanol–water partition coefficient (Wildman–Crippen LogP) is 1.87. The van der Waals surface area contributed by atoms with E-state index in [9.17, 15) is 4.79 Å². The zero-order chi connectivity index (χ0) is 16.5. The number of nitrogens with zero attached hydrogens (tertiary/aromatic N) is 3. The van der Waals surface area contributed by atoms with Gasteiger partial charge in [-0.1, -0.05) is 11.6 Å². The molecule has 1 N–H and O–H groups in total. The van der Waals surface area contributed by atoms with E-state index >= 15 is 0 Å². The maximum absolute atomic E-state index is 10.9. The summed E-state index contributed by atoms with van der Waals surface area (Å²) in [7, 11) is 2.89. The highest BCUT2D eigenvalue weighted by Crippen LogP contribution is 2.22. The van der Waals surface area contributed by atoms with Gasteiger partial charge < -0.3 is 14.5 Å². The molecule has 0 amide bonds. The summed E-state index contributed by atoms with van der Waals surface area (Å²) in [4.78, 5) is 17.0. The topological polar surface area (TPSA) is 112 Å². The van der Waals surface area contributed by atoms with Gasteiger partial charge in [0, 0.05) is 12.4 Å². The Morgan fingerprint density at radius 3 is 2.18 bits per heavy atom. The second-order valence-electron chi connectivity index (χ2n) is 3.65. The summed E-state index contributed by atoms with van der Waals surface area (Å²) < 4.78 is 9.64. The maximum atomic E-state index is 10.9. The minimum Gasteiger partial charge on any atom is -0.495 e. The number of halogens is 1. The largest absolute Gasteiger partial charge is 0.495 e. The third kappa shape index (κ3) is 3.98.